The Morgan fingerprint density at radius 3 is 3.00 bits per heavy atom. The van der Waals surface area contributed by atoms with Crippen LogP contribution in [0.5, 0.6) is 0 Å². The van der Waals surface area contributed by atoms with Crippen molar-refractivity contribution in [3.63, 3.8) is 0 Å². The molecule has 0 aliphatic rings. The highest BCUT2D eigenvalue weighted by Gasteiger charge is 2.14. The van der Waals surface area contributed by atoms with E-state index in [9.17, 15) is 0 Å². The molecule has 0 fully saturated rings. The summed E-state index contributed by atoms with van der Waals surface area (Å²) in [6.07, 6.45) is 5.30. The maximum absolute atomic E-state index is 4.67. The second-order valence-corrected chi connectivity index (χ2v) is 6.74. The Morgan fingerprint density at radius 1 is 1.08 bits per heavy atom. The molecule has 0 amide bonds. The quantitative estimate of drug-likeness (QED) is 0.502. The van der Waals surface area contributed by atoms with E-state index in [1.165, 1.54) is 0 Å². The van der Waals surface area contributed by atoms with Crippen LogP contribution >= 0.6 is 11.3 Å². The molecular formula is C19H14N6S. The Morgan fingerprint density at radius 2 is 2.08 bits per heavy atom. The molecule has 2 N–H and O–H groups in total. The molecular weight excluding hydrogens is 344 g/mol. The monoisotopic (exact) mass is 358 g/mol. The van der Waals surface area contributed by atoms with Crippen LogP contribution in [0, 0.1) is 0 Å². The largest absolute Gasteiger partial charge is 0.364 e. The Hall–Kier alpha value is -3.32. The van der Waals surface area contributed by atoms with Crippen molar-refractivity contribution in [2.24, 2.45) is 0 Å². The van der Waals surface area contributed by atoms with Crippen LogP contribution in [0.3, 0.4) is 0 Å². The van der Waals surface area contributed by atoms with Crippen LogP contribution in [0.4, 0.5) is 5.82 Å². The lowest BCUT2D eigenvalue weighted by atomic mass is 10.1. The molecule has 126 valence electrons. The van der Waals surface area contributed by atoms with Crippen molar-refractivity contribution in [3.05, 3.63) is 66.2 Å². The predicted molar refractivity (Wildman–Crippen MR) is 104 cm³/mol. The summed E-state index contributed by atoms with van der Waals surface area (Å²) in [6, 6.07) is 12.0. The zero-order valence-corrected chi connectivity index (χ0v) is 14.5. The summed E-state index contributed by atoms with van der Waals surface area (Å²) in [4.78, 5) is 21.1. The molecule has 0 atom stereocenters. The Kier molecular flexibility index (Phi) is 3.57. The van der Waals surface area contributed by atoms with E-state index in [4.69, 9.17) is 0 Å². The van der Waals surface area contributed by atoms with Gasteiger partial charge in [0.15, 0.2) is 0 Å². The van der Waals surface area contributed by atoms with E-state index >= 15 is 0 Å². The number of anilines is 1. The zero-order valence-electron chi connectivity index (χ0n) is 13.7. The molecule has 5 aromatic heterocycles. The number of fused-ring (bicyclic) bond motifs is 2. The normalized spacial score (nSPS) is 11.2. The molecule has 26 heavy (non-hydrogen) atoms. The van der Waals surface area contributed by atoms with E-state index < -0.39 is 0 Å². The molecule has 0 unspecified atom stereocenters. The summed E-state index contributed by atoms with van der Waals surface area (Å²) in [5.41, 5.74) is 4.72. The van der Waals surface area contributed by atoms with Crippen LogP contribution in [0.25, 0.3) is 32.5 Å². The minimum absolute atomic E-state index is 0.609. The average Bonchev–Trinajstić information content (AvgIpc) is 3.35. The summed E-state index contributed by atoms with van der Waals surface area (Å²) in [6.45, 7) is 0.609. The summed E-state index contributed by atoms with van der Waals surface area (Å²) in [7, 11) is 0. The first kappa shape index (κ1) is 15.0. The highest BCUT2D eigenvalue weighted by atomic mass is 32.1. The molecule has 7 heteroatoms. The van der Waals surface area contributed by atoms with E-state index in [1.807, 2.05) is 48.0 Å². The number of hydrogen-bond acceptors (Lipinski definition) is 6. The Balaban J connectivity index is 1.61. The molecule has 0 bridgehead atoms. The fourth-order valence-corrected chi connectivity index (χ4v) is 3.84. The minimum atomic E-state index is 0.609. The van der Waals surface area contributed by atoms with Crippen molar-refractivity contribution in [1.82, 2.24) is 24.9 Å². The number of aromatic amines is 1. The van der Waals surface area contributed by atoms with Gasteiger partial charge >= 0.3 is 0 Å². The van der Waals surface area contributed by atoms with E-state index in [0.717, 1.165) is 44.0 Å². The van der Waals surface area contributed by atoms with Crippen molar-refractivity contribution in [2.75, 3.05) is 5.32 Å². The summed E-state index contributed by atoms with van der Waals surface area (Å²) in [5.74, 6) is 0.781. The van der Waals surface area contributed by atoms with Gasteiger partial charge in [-0.15, -0.1) is 11.3 Å². The molecule has 0 aromatic carbocycles. The van der Waals surface area contributed by atoms with Crippen LogP contribution in [-0.2, 0) is 6.54 Å². The van der Waals surface area contributed by atoms with Gasteiger partial charge in [0.2, 0.25) is 0 Å². The smallest absolute Gasteiger partial charge is 0.140 e. The molecule has 0 aliphatic carbocycles. The molecule has 0 saturated heterocycles. The van der Waals surface area contributed by atoms with Gasteiger partial charge < -0.3 is 10.3 Å². The first-order chi connectivity index (χ1) is 12.9. The van der Waals surface area contributed by atoms with E-state index in [-0.39, 0.29) is 0 Å². The Bertz CT molecular complexity index is 1190. The Labute approximate surface area is 153 Å². The number of pyridine rings is 2. The van der Waals surface area contributed by atoms with Crippen molar-refractivity contribution in [2.45, 2.75) is 6.54 Å². The fourth-order valence-electron chi connectivity index (χ4n) is 2.99. The number of rotatable bonds is 4. The van der Waals surface area contributed by atoms with Gasteiger partial charge in [0.05, 0.1) is 28.1 Å². The second kappa shape index (κ2) is 6.20. The number of hydrogen-bond donors (Lipinski definition) is 2. The van der Waals surface area contributed by atoms with Gasteiger partial charge in [-0.1, -0.05) is 6.07 Å². The van der Waals surface area contributed by atoms with Crippen LogP contribution in [-0.4, -0.2) is 24.9 Å². The van der Waals surface area contributed by atoms with E-state index in [0.29, 0.717) is 6.54 Å². The molecule has 5 heterocycles. The number of aromatic nitrogens is 5. The van der Waals surface area contributed by atoms with Gasteiger partial charge in [0, 0.05) is 23.3 Å². The molecule has 0 radical (unpaired) electrons. The third kappa shape index (κ3) is 2.58. The lowest BCUT2D eigenvalue weighted by molar-refractivity contribution is 1.03. The van der Waals surface area contributed by atoms with Crippen molar-refractivity contribution < 1.29 is 0 Å². The second-order valence-electron chi connectivity index (χ2n) is 5.83. The summed E-state index contributed by atoms with van der Waals surface area (Å²) >= 11 is 1.65. The van der Waals surface area contributed by atoms with Gasteiger partial charge in [-0.05, 0) is 35.7 Å². The van der Waals surface area contributed by atoms with E-state index in [2.05, 4.69) is 30.2 Å². The predicted octanol–water partition coefficient (Wildman–Crippen LogP) is 4.24. The molecule has 5 rings (SSSR count). The molecule has 0 saturated carbocycles. The third-order valence-corrected chi connectivity index (χ3v) is 5.11. The average molecular weight is 358 g/mol. The van der Waals surface area contributed by atoms with Gasteiger partial charge in [-0.2, -0.15) is 0 Å². The molecule has 0 spiro atoms. The molecule has 0 aliphatic heterocycles. The first-order valence-corrected chi connectivity index (χ1v) is 9.07. The lowest BCUT2D eigenvalue weighted by Crippen LogP contribution is -2.03. The van der Waals surface area contributed by atoms with E-state index in [1.54, 1.807) is 23.9 Å². The van der Waals surface area contributed by atoms with Crippen LogP contribution in [0.15, 0.2) is 60.5 Å². The topological polar surface area (TPSA) is 79.4 Å². The molecule has 5 aromatic rings. The third-order valence-electron chi connectivity index (χ3n) is 4.20. The maximum Gasteiger partial charge on any atom is 0.140 e. The lowest BCUT2D eigenvalue weighted by Gasteiger charge is -2.09. The summed E-state index contributed by atoms with van der Waals surface area (Å²) < 4.78 is 1.08. The van der Waals surface area contributed by atoms with Crippen molar-refractivity contribution in [1.29, 1.82) is 0 Å². The highest BCUT2D eigenvalue weighted by Crippen LogP contribution is 2.34. The molecule has 6 nitrogen and oxygen atoms in total. The van der Waals surface area contributed by atoms with Gasteiger partial charge in [-0.25, -0.2) is 15.0 Å². The van der Waals surface area contributed by atoms with Crippen LogP contribution < -0.4 is 5.32 Å². The minimum Gasteiger partial charge on any atom is -0.364 e. The van der Waals surface area contributed by atoms with Crippen molar-refractivity contribution in [3.8, 4) is 11.3 Å². The van der Waals surface area contributed by atoms with Crippen LogP contribution in [0.2, 0.25) is 0 Å². The first-order valence-electron chi connectivity index (χ1n) is 8.19. The fraction of sp³-hybridized carbons (Fsp3) is 0.0526. The van der Waals surface area contributed by atoms with Gasteiger partial charge in [0.1, 0.15) is 17.8 Å². The highest BCUT2D eigenvalue weighted by molar-refractivity contribution is 7.17. The SMILES string of the molecule is c1ccc(CNc2cc(-c3ncnc4ccsc34)c3cc[nH]c3n2)nc1. The number of H-pyrrole nitrogens is 1. The number of thiophene rings is 1. The summed E-state index contributed by atoms with van der Waals surface area (Å²) in [5, 5.41) is 6.44. The van der Waals surface area contributed by atoms with Gasteiger partial charge in [-0.3, -0.25) is 4.98 Å². The van der Waals surface area contributed by atoms with Crippen LogP contribution in [0.1, 0.15) is 5.69 Å². The standard InChI is InChI=1S/C19H14N6S/c1-2-6-20-12(3-1)10-22-16-9-14(13-4-7-21-19(13)25-16)17-18-15(5-8-26-18)23-11-24-17/h1-9,11H,10H2,(H2,21,22,25). The number of nitrogens with zero attached hydrogens (tertiary/aromatic N) is 4. The van der Waals surface area contributed by atoms with Crippen molar-refractivity contribution >= 4 is 38.4 Å². The maximum atomic E-state index is 4.67. The van der Waals surface area contributed by atoms with Gasteiger partial charge in [0.25, 0.3) is 0 Å². The number of nitrogens with one attached hydrogen (secondary N) is 2. The zero-order chi connectivity index (χ0) is 17.3.